The number of hydrogen-bond donors (Lipinski definition) is 0. The van der Waals surface area contributed by atoms with Crippen LogP contribution in [0.25, 0.3) is 0 Å². The molecule has 0 radical (unpaired) electrons. The predicted molar refractivity (Wildman–Crippen MR) is 81.4 cm³/mol. The van der Waals surface area contributed by atoms with Crippen LogP contribution < -0.4 is 0 Å². The van der Waals surface area contributed by atoms with Gasteiger partial charge in [0.05, 0.1) is 12.1 Å². The van der Waals surface area contributed by atoms with Crippen molar-refractivity contribution >= 4 is 10.0 Å². The molecule has 7 heteroatoms. The van der Waals surface area contributed by atoms with Crippen LogP contribution in [0, 0.1) is 0 Å². The highest BCUT2D eigenvalue weighted by atomic mass is 32.2. The van der Waals surface area contributed by atoms with Crippen molar-refractivity contribution in [2.75, 3.05) is 25.4 Å². The number of likely N-dealkylation sites (tertiary alicyclic amines) is 1. The molecule has 1 aromatic heterocycles. The van der Waals surface area contributed by atoms with Crippen molar-refractivity contribution in [1.82, 2.24) is 18.8 Å². The summed E-state index contributed by atoms with van der Waals surface area (Å²) in [4.78, 5) is 6.42. The Kier molecular flexibility index (Phi) is 4.33. The van der Waals surface area contributed by atoms with E-state index in [-0.39, 0.29) is 11.8 Å². The monoisotopic (exact) mass is 312 g/mol. The zero-order valence-corrected chi connectivity index (χ0v) is 13.4. The Labute approximate surface area is 126 Å². The molecule has 0 aromatic carbocycles. The van der Waals surface area contributed by atoms with E-state index in [9.17, 15) is 8.42 Å². The molecule has 2 atom stereocenters. The second-order valence-electron chi connectivity index (χ2n) is 6.07. The lowest BCUT2D eigenvalue weighted by Gasteiger charge is -2.30. The molecule has 0 bridgehead atoms. The van der Waals surface area contributed by atoms with E-state index in [4.69, 9.17) is 0 Å². The van der Waals surface area contributed by atoms with Gasteiger partial charge in [-0.2, -0.15) is 4.31 Å². The number of aryl methyl sites for hydroxylation is 1. The fourth-order valence-electron chi connectivity index (χ4n) is 3.61. The van der Waals surface area contributed by atoms with Crippen LogP contribution >= 0.6 is 0 Å². The van der Waals surface area contributed by atoms with Gasteiger partial charge in [0, 0.05) is 37.6 Å². The van der Waals surface area contributed by atoms with E-state index in [2.05, 4.69) is 16.8 Å². The Hall–Kier alpha value is -0.920. The molecule has 3 heterocycles. The Balaban J connectivity index is 1.62. The first-order valence-electron chi connectivity index (χ1n) is 7.77. The van der Waals surface area contributed by atoms with E-state index < -0.39 is 10.0 Å². The SMILES string of the molecule is CC1C(N2CCCC2)CCN1S(=O)(=O)CCn1ccnc1. The normalized spacial score (nSPS) is 28.4. The largest absolute Gasteiger partial charge is 0.336 e. The fourth-order valence-corrected chi connectivity index (χ4v) is 5.31. The van der Waals surface area contributed by atoms with E-state index in [1.54, 1.807) is 23.0 Å². The van der Waals surface area contributed by atoms with Gasteiger partial charge in [0.1, 0.15) is 0 Å². The molecule has 0 amide bonds. The van der Waals surface area contributed by atoms with Crippen molar-refractivity contribution in [1.29, 1.82) is 0 Å². The topological polar surface area (TPSA) is 58.4 Å². The van der Waals surface area contributed by atoms with E-state index in [1.807, 2.05) is 4.57 Å². The third kappa shape index (κ3) is 3.14. The fraction of sp³-hybridized carbons (Fsp3) is 0.786. The van der Waals surface area contributed by atoms with Gasteiger partial charge in [0.15, 0.2) is 0 Å². The van der Waals surface area contributed by atoms with Crippen molar-refractivity contribution in [3.8, 4) is 0 Å². The molecule has 21 heavy (non-hydrogen) atoms. The highest BCUT2D eigenvalue weighted by Gasteiger charge is 2.40. The maximum absolute atomic E-state index is 12.6. The summed E-state index contributed by atoms with van der Waals surface area (Å²) in [5, 5.41) is 0. The maximum Gasteiger partial charge on any atom is 0.216 e. The first kappa shape index (κ1) is 15.0. The summed E-state index contributed by atoms with van der Waals surface area (Å²) in [7, 11) is -3.19. The number of rotatable bonds is 5. The standard InChI is InChI=1S/C14H24N4O2S/c1-13-14(17-6-2-3-7-17)4-8-18(13)21(19,20)11-10-16-9-5-15-12-16/h5,9,12-14H,2-4,6-8,10-11H2,1H3. The molecule has 0 N–H and O–H groups in total. The minimum Gasteiger partial charge on any atom is -0.336 e. The van der Waals surface area contributed by atoms with Gasteiger partial charge in [-0.15, -0.1) is 0 Å². The quantitative estimate of drug-likeness (QED) is 0.806. The molecule has 0 aliphatic carbocycles. The molecule has 2 fully saturated rings. The van der Waals surface area contributed by atoms with Gasteiger partial charge in [-0.3, -0.25) is 4.90 Å². The smallest absolute Gasteiger partial charge is 0.216 e. The first-order chi connectivity index (χ1) is 10.1. The molecule has 118 valence electrons. The van der Waals surface area contributed by atoms with Crippen LogP contribution in [-0.4, -0.2) is 64.6 Å². The molecule has 6 nitrogen and oxygen atoms in total. The van der Waals surface area contributed by atoms with Gasteiger partial charge in [0.2, 0.25) is 10.0 Å². The molecule has 2 saturated heterocycles. The maximum atomic E-state index is 12.6. The lowest BCUT2D eigenvalue weighted by atomic mass is 10.1. The zero-order valence-electron chi connectivity index (χ0n) is 12.6. The summed E-state index contributed by atoms with van der Waals surface area (Å²) < 4.78 is 28.7. The Morgan fingerprint density at radius 2 is 2.00 bits per heavy atom. The van der Waals surface area contributed by atoms with Crippen molar-refractivity contribution in [2.45, 2.75) is 44.8 Å². The van der Waals surface area contributed by atoms with Crippen LogP contribution in [0.3, 0.4) is 0 Å². The van der Waals surface area contributed by atoms with E-state index in [1.165, 1.54) is 12.8 Å². The van der Waals surface area contributed by atoms with Crippen LogP contribution in [0.1, 0.15) is 26.2 Å². The molecule has 0 spiro atoms. The summed E-state index contributed by atoms with van der Waals surface area (Å²) >= 11 is 0. The molecule has 2 aliphatic heterocycles. The number of nitrogens with zero attached hydrogens (tertiary/aromatic N) is 4. The lowest BCUT2D eigenvalue weighted by molar-refractivity contribution is 0.211. The van der Waals surface area contributed by atoms with Crippen LogP contribution in [0.2, 0.25) is 0 Å². The van der Waals surface area contributed by atoms with E-state index >= 15 is 0 Å². The highest BCUT2D eigenvalue weighted by Crippen LogP contribution is 2.28. The minimum atomic E-state index is -3.19. The third-order valence-electron chi connectivity index (χ3n) is 4.79. The zero-order chi connectivity index (χ0) is 14.9. The minimum absolute atomic E-state index is 0.0934. The second-order valence-corrected chi connectivity index (χ2v) is 8.11. The molecular formula is C14H24N4O2S. The van der Waals surface area contributed by atoms with Gasteiger partial charge < -0.3 is 4.57 Å². The van der Waals surface area contributed by atoms with Gasteiger partial charge in [-0.25, -0.2) is 13.4 Å². The number of imidazole rings is 1. The van der Waals surface area contributed by atoms with Crippen LogP contribution in [0.5, 0.6) is 0 Å². The third-order valence-corrected chi connectivity index (χ3v) is 6.72. The summed E-state index contributed by atoms with van der Waals surface area (Å²) in [6, 6.07) is 0.492. The highest BCUT2D eigenvalue weighted by molar-refractivity contribution is 7.89. The number of aromatic nitrogens is 2. The number of sulfonamides is 1. The number of hydrogen-bond acceptors (Lipinski definition) is 4. The lowest BCUT2D eigenvalue weighted by Crippen LogP contribution is -2.45. The molecule has 2 unspecified atom stereocenters. The van der Waals surface area contributed by atoms with Gasteiger partial charge in [-0.1, -0.05) is 0 Å². The van der Waals surface area contributed by atoms with Gasteiger partial charge in [-0.05, 0) is 39.3 Å². The molecule has 2 aliphatic rings. The summed E-state index contributed by atoms with van der Waals surface area (Å²) in [5.41, 5.74) is 0. The Bertz CT molecular complexity index is 552. The van der Waals surface area contributed by atoms with Gasteiger partial charge in [0.25, 0.3) is 0 Å². The van der Waals surface area contributed by atoms with Crippen LogP contribution in [-0.2, 0) is 16.6 Å². The molecule has 3 rings (SSSR count). The Morgan fingerprint density at radius 1 is 1.24 bits per heavy atom. The second kappa shape index (κ2) is 6.06. The molecule has 0 saturated carbocycles. The van der Waals surface area contributed by atoms with Crippen LogP contribution in [0.4, 0.5) is 0 Å². The van der Waals surface area contributed by atoms with Crippen molar-refractivity contribution in [3.63, 3.8) is 0 Å². The van der Waals surface area contributed by atoms with Gasteiger partial charge >= 0.3 is 0 Å². The summed E-state index contributed by atoms with van der Waals surface area (Å²) in [6.45, 7) is 5.44. The predicted octanol–water partition coefficient (Wildman–Crippen LogP) is 0.771. The van der Waals surface area contributed by atoms with Crippen molar-refractivity contribution in [2.24, 2.45) is 0 Å². The summed E-state index contributed by atoms with van der Waals surface area (Å²) in [5.74, 6) is 0.153. The van der Waals surface area contributed by atoms with Crippen molar-refractivity contribution < 1.29 is 8.42 Å². The molecular weight excluding hydrogens is 288 g/mol. The average molecular weight is 312 g/mol. The van der Waals surface area contributed by atoms with Crippen LogP contribution in [0.15, 0.2) is 18.7 Å². The first-order valence-corrected chi connectivity index (χ1v) is 9.38. The van der Waals surface area contributed by atoms with Crippen molar-refractivity contribution in [3.05, 3.63) is 18.7 Å². The Morgan fingerprint density at radius 3 is 2.67 bits per heavy atom. The van der Waals surface area contributed by atoms with E-state index in [0.717, 1.165) is 19.5 Å². The molecule has 1 aromatic rings. The average Bonchev–Trinajstić information content (AvgIpc) is 3.18. The summed E-state index contributed by atoms with van der Waals surface area (Å²) in [6.07, 6.45) is 8.60. The van der Waals surface area contributed by atoms with E-state index in [0.29, 0.717) is 19.1 Å².